The molecule has 322 valence electrons. The molecule has 61 heavy (non-hydrogen) atoms. The van der Waals surface area contributed by atoms with E-state index in [4.69, 9.17) is 28.9 Å². The third kappa shape index (κ3) is 7.96. The Labute approximate surface area is 354 Å². The summed E-state index contributed by atoms with van der Waals surface area (Å²) < 4.78 is 21.5. The molecule has 0 aliphatic carbocycles. The van der Waals surface area contributed by atoms with E-state index in [1.165, 1.54) is 14.2 Å². The number of hydrogen-bond donors (Lipinski definition) is 4. The maximum Gasteiger partial charge on any atom is 0.407 e. The molecule has 2 aromatic heterocycles. The van der Waals surface area contributed by atoms with Gasteiger partial charge in [0, 0.05) is 37.1 Å². The molecule has 0 unspecified atom stereocenters. The number of amides is 4. The Kier molecular flexibility index (Phi) is 11.6. The van der Waals surface area contributed by atoms with Gasteiger partial charge in [-0.15, -0.1) is 0 Å². The predicted molar refractivity (Wildman–Crippen MR) is 227 cm³/mol. The summed E-state index contributed by atoms with van der Waals surface area (Å²) in [5.74, 6) is 1.61. The molecule has 5 atom stereocenters. The maximum atomic E-state index is 14.1. The van der Waals surface area contributed by atoms with Crippen LogP contribution in [0.15, 0.2) is 48.7 Å². The largest absolute Gasteiger partial charge is 0.488 e. The number of carbonyl (C=O) groups excluding carboxylic acids is 4. The molecule has 0 radical (unpaired) electrons. The zero-order chi connectivity index (χ0) is 43.1. The van der Waals surface area contributed by atoms with E-state index in [9.17, 15) is 19.2 Å². The molecule has 0 saturated carbocycles. The summed E-state index contributed by atoms with van der Waals surface area (Å²) in [6, 6.07) is 12.5. The molecular formula is C45H54N8O8. The van der Waals surface area contributed by atoms with Gasteiger partial charge >= 0.3 is 12.2 Å². The number of H-pyrrole nitrogens is 2. The van der Waals surface area contributed by atoms with Crippen molar-refractivity contribution in [1.82, 2.24) is 40.4 Å². The number of rotatable bonds is 11. The fourth-order valence-electron chi connectivity index (χ4n) is 9.14. The van der Waals surface area contributed by atoms with Gasteiger partial charge < -0.3 is 49.3 Å². The molecule has 4 N–H and O–H groups in total. The molecule has 16 heteroatoms. The van der Waals surface area contributed by atoms with Gasteiger partial charge in [0.25, 0.3) is 0 Å². The van der Waals surface area contributed by atoms with Gasteiger partial charge in [-0.3, -0.25) is 9.59 Å². The number of nitrogens with zero attached hydrogens (tertiary/aromatic N) is 4. The molecule has 0 spiro atoms. The highest BCUT2D eigenvalue weighted by Gasteiger charge is 2.42. The molecule has 3 aliphatic heterocycles. The Morgan fingerprint density at radius 1 is 0.852 bits per heavy atom. The van der Waals surface area contributed by atoms with E-state index >= 15 is 0 Å². The van der Waals surface area contributed by atoms with Crippen molar-refractivity contribution in [3.05, 3.63) is 65.9 Å². The summed E-state index contributed by atoms with van der Waals surface area (Å²) in [4.78, 5) is 72.4. The van der Waals surface area contributed by atoms with Gasteiger partial charge in [0.05, 0.1) is 55.8 Å². The predicted octanol–water partition coefficient (Wildman–Crippen LogP) is 6.63. The van der Waals surface area contributed by atoms with Crippen LogP contribution in [0.3, 0.4) is 0 Å². The van der Waals surface area contributed by atoms with Crippen LogP contribution in [0, 0.1) is 17.8 Å². The van der Waals surface area contributed by atoms with Crippen molar-refractivity contribution in [3.63, 3.8) is 0 Å². The highest BCUT2D eigenvalue weighted by molar-refractivity contribution is 6.07. The molecule has 5 heterocycles. The average Bonchev–Trinajstić information content (AvgIpc) is 4.09. The van der Waals surface area contributed by atoms with Crippen LogP contribution in [0.2, 0.25) is 0 Å². The zero-order valence-electron chi connectivity index (χ0n) is 35.7. The lowest BCUT2D eigenvalue weighted by molar-refractivity contribution is -0.136. The third-order valence-corrected chi connectivity index (χ3v) is 12.3. The highest BCUT2D eigenvalue weighted by atomic mass is 16.5. The Bertz CT molecular complexity index is 2480. The first kappa shape index (κ1) is 41.6. The summed E-state index contributed by atoms with van der Waals surface area (Å²) in [7, 11) is 4.23. The van der Waals surface area contributed by atoms with Crippen LogP contribution in [-0.2, 0) is 30.4 Å². The standard InChI is InChI=1S/C45H54N8O8/c1-23(2)37(50-44(56)59-6)42(54)52-14-8-9-34(52)40-46-19-33(48-40)27-10-12-29-28(16-27)22-61-36-18-30-26(17-31(29)36)11-13-32-39(30)49-41(47-32)35-15-25(21-58-5)20-53(35)43(55)38(24(3)4)51-45(57)60-7/h10-13,16-19,23-25,34-35,37-38H,8-9,14-15,20-22H2,1-7H3,(H,46,48)(H,47,49)(H,50,56)(H,51,57)/t25-,34-,35-,37-,38-/m0/s1. The van der Waals surface area contributed by atoms with Crippen molar-refractivity contribution < 1.29 is 38.1 Å². The van der Waals surface area contributed by atoms with Gasteiger partial charge in [-0.2, -0.15) is 0 Å². The number of hydrogen-bond acceptors (Lipinski definition) is 10. The van der Waals surface area contributed by atoms with E-state index in [-0.39, 0.29) is 41.7 Å². The number of methoxy groups -OCH3 is 3. The number of imidazole rings is 2. The number of benzene rings is 3. The van der Waals surface area contributed by atoms with E-state index in [1.807, 2.05) is 38.7 Å². The first-order valence-corrected chi connectivity index (χ1v) is 21.0. The minimum atomic E-state index is -0.761. The zero-order valence-corrected chi connectivity index (χ0v) is 35.7. The molecular weight excluding hydrogens is 781 g/mol. The quantitative estimate of drug-likeness (QED) is 0.112. The van der Waals surface area contributed by atoms with Gasteiger partial charge in [0.2, 0.25) is 11.8 Å². The number of fused-ring (bicyclic) bond motifs is 6. The second kappa shape index (κ2) is 17.1. The van der Waals surface area contributed by atoms with Crippen molar-refractivity contribution in [2.45, 2.75) is 77.7 Å². The minimum Gasteiger partial charge on any atom is -0.488 e. The first-order chi connectivity index (χ1) is 29.4. The second-order valence-electron chi connectivity index (χ2n) is 17.0. The van der Waals surface area contributed by atoms with Crippen molar-refractivity contribution in [1.29, 1.82) is 0 Å². The van der Waals surface area contributed by atoms with Crippen LogP contribution in [0.25, 0.3) is 44.2 Å². The number of nitrogens with one attached hydrogen (secondary N) is 4. The normalized spacial score (nSPS) is 19.5. The average molecular weight is 835 g/mol. The molecule has 8 rings (SSSR count). The Hall–Kier alpha value is -6.16. The van der Waals surface area contributed by atoms with E-state index in [2.05, 4.69) is 57.0 Å². The van der Waals surface area contributed by atoms with Crippen LogP contribution in [-0.4, -0.2) is 107 Å². The Balaban J connectivity index is 1.05. The third-order valence-electron chi connectivity index (χ3n) is 12.3. The number of aromatic nitrogens is 4. The summed E-state index contributed by atoms with van der Waals surface area (Å²) in [5, 5.41) is 7.37. The first-order valence-electron chi connectivity index (χ1n) is 21.0. The number of ether oxygens (including phenoxy) is 4. The van der Waals surface area contributed by atoms with Gasteiger partial charge in [0.1, 0.15) is 36.1 Å². The fourth-order valence-corrected chi connectivity index (χ4v) is 9.14. The fraction of sp³-hybridized carbons (Fsp3) is 0.467. The molecule has 5 aromatic rings. The number of likely N-dealkylation sites (tertiary alicyclic amines) is 2. The lowest BCUT2D eigenvalue weighted by atomic mass is 9.92. The molecule has 3 aromatic carbocycles. The second-order valence-corrected chi connectivity index (χ2v) is 17.0. The minimum absolute atomic E-state index is 0.0975. The summed E-state index contributed by atoms with van der Waals surface area (Å²) in [5.41, 5.74) is 6.51. The number of carbonyl (C=O) groups is 4. The lowest BCUT2D eigenvalue weighted by Crippen LogP contribution is -2.51. The molecule has 0 bridgehead atoms. The van der Waals surface area contributed by atoms with E-state index in [1.54, 1.807) is 18.2 Å². The van der Waals surface area contributed by atoms with Crippen LogP contribution in [0.4, 0.5) is 9.59 Å². The SMILES string of the molecule is COC[C@H]1C[C@@H](c2nc3c(ccc4cc5c(cc43)OCc3cc(-c4cnc([C@@H]6CCCN6C(=O)[C@@H](NC(=O)OC)C(C)C)[nH]4)ccc3-5)[nH]2)N(C(=O)[C@@H](NC(=O)OC)C(C)C)C1. The van der Waals surface area contributed by atoms with Gasteiger partial charge in [0.15, 0.2) is 0 Å². The highest BCUT2D eigenvalue weighted by Crippen LogP contribution is 2.44. The molecule has 2 saturated heterocycles. The molecule has 4 amide bonds. The molecule has 2 fully saturated rings. The van der Waals surface area contributed by atoms with Crippen LogP contribution in [0.1, 0.15) is 76.3 Å². The van der Waals surface area contributed by atoms with Crippen LogP contribution in [0.5, 0.6) is 5.75 Å². The van der Waals surface area contributed by atoms with Gasteiger partial charge in [-0.25, -0.2) is 19.6 Å². The van der Waals surface area contributed by atoms with Crippen LogP contribution < -0.4 is 15.4 Å². The topological polar surface area (TPSA) is 193 Å². The van der Waals surface area contributed by atoms with Crippen molar-refractivity contribution in [3.8, 4) is 28.1 Å². The van der Waals surface area contributed by atoms with Crippen molar-refractivity contribution in [2.24, 2.45) is 17.8 Å². The number of aromatic amines is 2. The van der Waals surface area contributed by atoms with Crippen LogP contribution >= 0.6 is 0 Å². The summed E-state index contributed by atoms with van der Waals surface area (Å²) in [6.07, 6.45) is 2.77. The monoisotopic (exact) mass is 834 g/mol. The molecule has 16 nitrogen and oxygen atoms in total. The Morgan fingerprint density at radius 3 is 2.26 bits per heavy atom. The molecule has 3 aliphatic rings. The van der Waals surface area contributed by atoms with Crippen molar-refractivity contribution in [2.75, 3.05) is 41.0 Å². The Morgan fingerprint density at radius 2 is 1.57 bits per heavy atom. The van der Waals surface area contributed by atoms with Gasteiger partial charge in [-0.1, -0.05) is 45.9 Å². The summed E-state index contributed by atoms with van der Waals surface area (Å²) >= 11 is 0. The number of alkyl carbamates (subject to hydrolysis) is 2. The van der Waals surface area contributed by atoms with E-state index < -0.39 is 24.3 Å². The van der Waals surface area contributed by atoms with E-state index in [0.717, 1.165) is 68.3 Å². The lowest BCUT2D eigenvalue weighted by Gasteiger charge is -2.30. The maximum absolute atomic E-state index is 14.1. The van der Waals surface area contributed by atoms with Crippen molar-refractivity contribution >= 4 is 45.8 Å². The van der Waals surface area contributed by atoms with Gasteiger partial charge in [-0.05, 0) is 77.4 Å². The van der Waals surface area contributed by atoms with E-state index in [0.29, 0.717) is 44.4 Å². The summed E-state index contributed by atoms with van der Waals surface area (Å²) in [6.45, 7) is 9.51. The smallest absolute Gasteiger partial charge is 0.407 e.